The molecule has 0 N–H and O–H groups in total. The lowest BCUT2D eigenvalue weighted by molar-refractivity contribution is -0.143. The lowest BCUT2D eigenvalue weighted by Gasteiger charge is -2.13. The highest BCUT2D eigenvalue weighted by Gasteiger charge is 2.34. The maximum absolute atomic E-state index is 13.1. The Labute approximate surface area is 118 Å². The Morgan fingerprint density at radius 1 is 1.40 bits per heavy atom. The van der Waals surface area contributed by atoms with Crippen LogP contribution in [-0.4, -0.2) is 12.6 Å². The molecule has 112 valence electrons. The van der Waals surface area contributed by atoms with E-state index in [-0.39, 0.29) is 25.0 Å². The second kappa shape index (κ2) is 6.92. The Kier molecular flexibility index (Phi) is 5.80. The molecule has 1 atom stereocenters. The summed E-state index contributed by atoms with van der Waals surface area (Å²) < 4.78 is 55.4. The van der Waals surface area contributed by atoms with Crippen LogP contribution in [-0.2, 0) is 15.7 Å². The van der Waals surface area contributed by atoms with Gasteiger partial charge >= 0.3 is 12.1 Å². The molecule has 1 rings (SSSR count). The first kappa shape index (κ1) is 16.8. The highest BCUT2D eigenvalue weighted by atomic mass is 35.5. The van der Waals surface area contributed by atoms with Crippen molar-refractivity contribution in [2.45, 2.75) is 31.3 Å². The zero-order valence-electron chi connectivity index (χ0n) is 10.6. The van der Waals surface area contributed by atoms with Gasteiger partial charge < -0.3 is 4.74 Å². The van der Waals surface area contributed by atoms with Crippen LogP contribution in [0.1, 0.15) is 36.3 Å². The van der Waals surface area contributed by atoms with Gasteiger partial charge in [-0.05, 0) is 31.0 Å². The summed E-state index contributed by atoms with van der Waals surface area (Å²) in [5.41, 5.74) is -1.25. The average molecular weight is 313 g/mol. The molecular formula is C13H13ClF4O2. The molecule has 0 fully saturated rings. The summed E-state index contributed by atoms with van der Waals surface area (Å²) in [6.07, 6.45) is -4.68. The van der Waals surface area contributed by atoms with Gasteiger partial charge in [0.1, 0.15) is 5.82 Å². The van der Waals surface area contributed by atoms with Crippen molar-refractivity contribution >= 4 is 17.6 Å². The molecule has 0 saturated heterocycles. The number of rotatable bonds is 5. The van der Waals surface area contributed by atoms with Gasteiger partial charge in [-0.25, -0.2) is 4.39 Å². The molecule has 0 spiro atoms. The Hall–Kier alpha value is -1.30. The van der Waals surface area contributed by atoms with Crippen LogP contribution in [0.25, 0.3) is 0 Å². The Morgan fingerprint density at radius 3 is 2.60 bits per heavy atom. The third-order valence-electron chi connectivity index (χ3n) is 2.56. The molecule has 0 aliphatic carbocycles. The van der Waals surface area contributed by atoms with Crippen molar-refractivity contribution in [1.29, 1.82) is 0 Å². The molecule has 7 heteroatoms. The van der Waals surface area contributed by atoms with E-state index in [0.29, 0.717) is 6.07 Å². The fraction of sp³-hybridized carbons (Fsp3) is 0.462. The molecule has 20 heavy (non-hydrogen) atoms. The van der Waals surface area contributed by atoms with Gasteiger partial charge in [0.2, 0.25) is 0 Å². The minimum absolute atomic E-state index is 0.0132. The molecule has 1 unspecified atom stereocenters. The van der Waals surface area contributed by atoms with Gasteiger partial charge in [-0.2, -0.15) is 13.2 Å². The topological polar surface area (TPSA) is 26.3 Å². The molecule has 0 aromatic heterocycles. The van der Waals surface area contributed by atoms with Crippen LogP contribution in [0.2, 0.25) is 0 Å². The molecule has 0 aliphatic heterocycles. The third kappa shape index (κ3) is 4.67. The van der Waals surface area contributed by atoms with Crippen molar-refractivity contribution in [3.8, 4) is 0 Å². The van der Waals surface area contributed by atoms with Crippen LogP contribution < -0.4 is 0 Å². The van der Waals surface area contributed by atoms with Gasteiger partial charge in [-0.1, -0.05) is 6.07 Å². The summed E-state index contributed by atoms with van der Waals surface area (Å²) in [7, 11) is 0. The van der Waals surface area contributed by atoms with E-state index in [1.54, 1.807) is 6.92 Å². The highest BCUT2D eigenvalue weighted by Crippen LogP contribution is 2.35. The molecule has 0 bridgehead atoms. The molecule has 0 amide bonds. The third-order valence-corrected chi connectivity index (χ3v) is 3.03. The predicted octanol–water partition coefficient (Wildman–Crippen LogP) is 4.47. The fourth-order valence-corrected chi connectivity index (χ4v) is 1.84. The van der Waals surface area contributed by atoms with E-state index < -0.39 is 28.9 Å². The molecule has 0 aliphatic rings. The first-order valence-corrected chi connectivity index (χ1v) is 6.35. The van der Waals surface area contributed by atoms with Crippen molar-refractivity contribution in [3.05, 3.63) is 35.1 Å². The lowest BCUT2D eigenvalue weighted by Crippen LogP contribution is -2.10. The van der Waals surface area contributed by atoms with Gasteiger partial charge in [-0.15, -0.1) is 11.6 Å². The molecule has 2 nitrogen and oxygen atoms in total. The monoisotopic (exact) mass is 312 g/mol. The largest absolute Gasteiger partial charge is 0.466 e. The number of ether oxygens (including phenoxy) is 1. The maximum Gasteiger partial charge on any atom is 0.419 e. The van der Waals surface area contributed by atoms with E-state index in [2.05, 4.69) is 4.74 Å². The summed E-state index contributed by atoms with van der Waals surface area (Å²) >= 11 is 5.93. The quantitative estimate of drug-likeness (QED) is 0.455. The predicted molar refractivity (Wildman–Crippen MR) is 65.9 cm³/mol. The van der Waals surface area contributed by atoms with E-state index in [9.17, 15) is 22.4 Å². The minimum atomic E-state index is -4.78. The van der Waals surface area contributed by atoms with Crippen LogP contribution >= 0.6 is 11.6 Å². The molecule has 0 radical (unpaired) electrons. The number of carbonyl (C=O) groups is 1. The number of halogens is 5. The fourth-order valence-electron chi connectivity index (χ4n) is 1.60. The second-order valence-electron chi connectivity index (χ2n) is 4.05. The molecular weight excluding hydrogens is 300 g/mol. The van der Waals surface area contributed by atoms with E-state index in [1.165, 1.54) is 6.07 Å². The van der Waals surface area contributed by atoms with Gasteiger partial charge in [0.05, 0.1) is 17.5 Å². The lowest BCUT2D eigenvalue weighted by atomic mass is 10.0. The van der Waals surface area contributed by atoms with Gasteiger partial charge in [0.15, 0.2) is 0 Å². The smallest absolute Gasteiger partial charge is 0.419 e. The van der Waals surface area contributed by atoms with Gasteiger partial charge in [0.25, 0.3) is 0 Å². The number of hydrogen-bond donors (Lipinski definition) is 0. The minimum Gasteiger partial charge on any atom is -0.466 e. The van der Waals surface area contributed by atoms with Crippen LogP contribution in [0.15, 0.2) is 18.2 Å². The van der Waals surface area contributed by atoms with E-state index in [0.717, 1.165) is 6.07 Å². The zero-order chi connectivity index (χ0) is 15.3. The van der Waals surface area contributed by atoms with E-state index in [4.69, 9.17) is 11.6 Å². The molecule has 1 aromatic carbocycles. The van der Waals surface area contributed by atoms with Crippen LogP contribution in [0.4, 0.5) is 17.6 Å². The average Bonchev–Trinajstić information content (AvgIpc) is 2.35. The zero-order valence-corrected chi connectivity index (χ0v) is 11.4. The highest BCUT2D eigenvalue weighted by molar-refractivity contribution is 6.20. The van der Waals surface area contributed by atoms with E-state index >= 15 is 0 Å². The standard InChI is InChI=1S/C13H13ClF4O2/c1-2-20-12(19)6-4-10(14)8-3-5-11(15)9(7-8)13(16,17)18/h3,5,7,10H,2,4,6H2,1H3. The normalized spacial score (nSPS) is 13.1. The summed E-state index contributed by atoms with van der Waals surface area (Å²) in [5, 5.41) is -0.818. The number of esters is 1. The summed E-state index contributed by atoms with van der Waals surface area (Å²) in [6, 6.07) is 2.56. The Balaban J connectivity index is 2.79. The van der Waals surface area contributed by atoms with Crippen LogP contribution in [0.5, 0.6) is 0 Å². The molecule has 1 aromatic rings. The number of alkyl halides is 4. The first-order valence-electron chi connectivity index (χ1n) is 5.92. The van der Waals surface area contributed by atoms with Crippen LogP contribution in [0, 0.1) is 5.82 Å². The molecule has 0 saturated carbocycles. The number of hydrogen-bond acceptors (Lipinski definition) is 2. The molecule has 0 heterocycles. The van der Waals surface area contributed by atoms with Crippen LogP contribution in [0.3, 0.4) is 0 Å². The summed E-state index contributed by atoms with van der Waals surface area (Å²) in [5.74, 6) is -1.83. The van der Waals surface area contributed by atoms with Gasteiger partial charge in [0, 0.05) is 6.42 Å². The Bertz CT molecular complexity index is 474. The summed E-state index contributed by atoms with van der Waals surface area (Å²) in [6.45, 7) is 1.87. The van der Waals surface area contributed by atoms with Crippen molar-refractivity contribution in [2.24, 2.45) is 0 Å². The summed E-state index contributed by atoms with van der Waals surface area (Å²) in [4.78, 5) is 11.1. The first-order chi connectivity index (χ1) is 9.25. The van der Waals surface area contributed by atoms with Crippen molar-refractivity contribution in [1.82, 2.24) is 0 Å². The van der Waals surface area contributed by atoms with Crippen molar-refractivity contribution in [3.63, 3.8) is 0 Å². The second-order valence-corrected chi connectivity index (χ2v) is 4.58. The number of carbonyl (C=O) groups excluding carboxylic acids is 1. The maximum atomic E-state index is 13.1. The van der Waals surface area contributed by atoms with E-state index in [1.807, 2.05) is 0 Å². The Morgan fingerprint density at radius 2 is 2.05 bits per heavy atom. The van der Waals surface area contributed by atoms with Gasteiger partial charge in [-0.3, -0.25) is 4.79 Å². The van der Waals surface area contributed by atoms with Crippen molar-refractivity contribution < 1.29 is 27.1 Å². The SMILES string of the molecule is CCOC(=O)CCC(Cl)c1ccc(F)c(C(F)(F)F)c1. The number of benzene rings is 1. The van der Waals surface area contributed by atoms with Crippen molar-refractivity contribution in [2.75, 3.05) is 6.61 Å².